The number of aryl methyl sites for hydroxylation is 1. The van der Waals surface area contributed by atoms with E-state index in [1.54, 1.807) is 0 Å². The van der Waals surface area contributed by atoms with E-state index in [0.29, 0.717) is 18.8 Å². The third-order valence-electron chi connectivity index (χ3n) is 4.82. The normalized spacial score (nSPS) is 12.9. The van der Waals surface area contributed by atoms with Gasteiger partial charge in [0.25, 0.3) is 5.91 Å². The fraction of sp³-hybridized carbons (Fsp3) is 0.208. The molecule has 0 spiro atoms. The predicted octanol–water partition coefficient (Wildman–Crippen LogP) is 4.74. The second-order valence-corrected chi connectivity index (χ2v) is 6.72. The van der Waals surface area contributed by atoms with Gasteiger partial charge >= 0.3 is 0 Å². The van der Waals surface area contributed by atoms with Crippen LogP contribution >= 0.6 is 0 Å². The van der Waals surface area contributed by atoms with Gasteiger partial charge in [-0.2, -0.15) is 0 Å². The Morgan fingerprint density at radius 1 is 0.786 bits per heavy atom. The highest BCUT2D eigenvalue weighted by atomic mass is 16.5. The summed E-state index contributed by atoms with van der Waals surface area (Å²) < 4.78 is 11.3. The molecule has 0 radical (unpaired) electrons. The third-order valence-corrected chi connectivity index (χ3v) is 4.82. The first-order valence-corrected chi connectivity index (χ1v) is 9.62. The number of nitrogens with zero attached hydrogens (tertiary/aromatic N) is 1. The molecule has 3 aromatic carbocycles. The number of benzene rings is 3. The van der Waals surface area contributed by atoms with Crippen LogP contribution in [0.3, 0.4) is 0 Å². The molecule has 1 aliphatic rings. The lowest BCUT2D eigenvalue weighted by molar-refractivity contribution is 0.0985. The van der Waals surface area contributed by atoms with E-state index in [4.69, 9.17) is 9.47 Å². The molecule has 0 saturated heterocycles. The Bertz CT molecular complexity index is 922. The number of amides is 1. The molecule has 0 N–H and O–H groups in total. The molecule has 1 amide bonds. The van der Waals surface area contributed by atoms with E-state index in [-0.39, 0.29) is 5.91 Å². The molecule has 4 nitrogen and oxygen atoms in total. The Balaban J connectivity index is 1.34. The minimum absolute atomic E-state index is 0.0334. The lowest BCUT2D eigenvalue weighted by Crippen LogP contribution is -2.35. The van der Waals surface area contributed by atoms with Gasteiger partial charge in [0.15, 0.2) is 0 Å². The zero-order valence-corrected chi connectivity index (χ0v) is 15.7. The van der Waals surface area contributed by atoms with Crippen molar-refractivity contribution in [2.24, 2.45) is 0 Å². The molecular weight excluding hydrogens is 350 g/mol. The van der Waals surface area contributed by atoms with E-state index < -0.39 is 0 Å². The van der Waals surface area contributed by atoms with E-state index in [2.05, 4.69) is 6.07 Å². The van der Waals surface area contributed by atoms with Crippen LogP contribution in [0.5, 0.6) is 11.5 Å². The Kier molecular flexibility index (Phi) is 5.57. The molecule has 0 atom stereocenters. The van der Waals surface area contributed by atoms with Crippen molar-refractivity contribution in [2.45, 2.75) is 12.8 Å². The van der Waals surface area contributed by atoms with Crippen molar-refractivity contribution in [3.05, 3.63) is 90.0 Å². The number of rotatable bonds is 6. The summed E-state index contributed by atoms with van der Waals surface area (Å²) in [5.74, 6) is 1.59. The molecule has 0 aromatic heterocycles. The second-order valence-electron chi connectivity index (χ2n) is 6.72. The third kappa shape index (κ3) is 4.17. The monoisotopic (exact) mass is 373 g/mol. The van der Waals surface area contributed by atoms with Gasteiger partial charge < -0.3 is 14.4 Å². The molecule has 1 heterocycles. The van der Waals surface area contributed by atoms with Gasteiger partial charge in [0.1, 0.15) is 24.7 Å². The van der Waals surface area contributed by atoms with Gasteiger partial charge in [-0.05, 0) is 60.9 Å². The zero-order valence-electron chi connectivity index (χ0n) is 15.7. The summed E-state index contributed by atoms with van der Waals surface area (Å²) in [7, 11) is 0. The molecule has 4 heteroatoms. The number of anilines is 1. The van der Waals surface area contributed by atoms with Gasteiger partial charge in [0, 0.05) is 17.8 Å². The number of carbonyl (C=O) groups excluding carboxylic acids is 1. The highest BCUT2D eigenvalue weighted by molar-refractivity contribution is 6.06. The summed E-state index contributed by atoms with van der Waals surface area (Å²) in [6, 6.07) is 25.1. The van der Waals surface area contributed by atoms with E-state index in [9.17, 15) is 4.79 Å². The summed E-state index contributed by atoms with van der Waals surface area (Å²) in [5.41, 5.74) is 2.93. The van der Waals surface area contributed by atoms with Crippen LogP contribution in [0.4, 0.5) is 5.69 Å². The Morgan fingerprint density at radius 3 is 2.18 bits per heavy atom. The van der Waals surface area contributed by atoms with Crippen LogP contribution in [0.25, 0.3) is 0 Å². The standard InChI is InChI=1S/C24H23NO3/c26-24(25-16-6-8-19-7-4-5-11-23(19)25)20-12-14-22(15-13-20)28-18-17-27-21-9-2-1-3-10-21/h1-5,7,9-15H,6,8,16-18H2. The van der Waals surface area contributed by atoms with Crippen molar-refractivity contribution in [2.75, 3.05) is 24.7 Å². The fourth-order valence-corrected chi connectivity index (χ4v) is 3.43. The number of hydrogen-bond donors (Lipinski definition) is 0. The maximum atomic E-state index is 13.0. The van der Waals surface area contributed by atoms with Crippen molar-refractivity contribution in [1.82, 2.24) is 0 Å². The molecule has 0 unspecified atom stereocenters. The van der Waals surface area contributed by atoms with Crippen LogP contribution in [0.15, 0.2) is 78.9 Å². The highest BCUT2D eigenvalue weighted by Gasteiger charge is 2.23. The van der Waals surface area contributed by atoms with Crippen LogP contribution in [0, 0.1) is 0 Å². The Morgan fingerprint density at radius 2 is 1.43 bits per heavy atom. The number of fused-ring (bicyclic) bond motifs is 1. The zero-order chi connectivity index (χ0) is 19.2. The highest BCUT2D eigenvalue weighted by Crippen LogP contribution is 2.28. The number of para-hydroxylation sites is 2. The Hall–Kier alpha value is -3.27. The molecule has 0 fully saturated rings. The molecule has 4 rings (SSSR count). The van der Waals surface area contributed by atoms with Crippen LogP contribution < -0.4 is 14.4 Å². The van der Waals surface area contributed by atoms with E-state index in [1.807, 2.05) is 77.7 Å². The Labute approximate surface area is 165 Å². The van der Waals surface area contributed by atoms with Crippen molar-refractivity contribution in [3.8, 4) is 11.5 Å². The molecule has 142 valence electrons. The first-order chi connectivity index (χ1) is 13.8. The van der Waals surface area contributed by atoms with Gasteiger partial charge in [0.2, 0.25) is 0 Å². The molecule has 3 aromatic rings. The minimum Gasteiger partial charge on any atom is -0.490 e. The number of ether oxygens (including phenoxy) is 2. The van der Waals surface area contributed by atoms with Gasteiger partial charge in [-0.25, -0.2) is 0 Å². The van der Waals surface area contributed by atoms with Crippen LogP contribution in [0.2, 0.25) is 0 Å². The molecule has 0 saturated carbocycles. The maximum absolute atomic E-state index is 13.0. The average molecular weight is 373 g/mol. The van der Waals surface area contributed by atoms with Gasteiger partial charge in [-0.1, -0.05) is 36.4 Å². The smallest absolute Gasteiger partial charge is 0.258 e. The summed E-state index contributed by atoms with van der Waals surface area (Å²) in [4.78, 5) is 14.8. The summed E-state index contributed by atoms with van der Waals surface area (Å²) >= 11 is 0. The number of hydrogen-bond acceptors (Lipinski definition) is 3. The second kappa shape index (κ2) is 8.61. The topological polar surface area (TPSA) is 38.8 Å². The summed E-state index contributed by atoms with van der Waals surface area (Å²) in [6.07, 6.45) is 2.02. The van der Waals surface area contributed by atoms with Crippen LogP contribution in [-0.4, -0.2) is 25.7 Å². The quantitative estimate of drug-likeness (QED) is 0.586. The van der Waals surface area contributed by atoms with Gasteiger partial charge in [-0.15, -0.1) is 0 Å². The van der Waals surface area contributed by atoms with E-state index in [0.717, 1.165) is 36.6 Å². The number of carbonyl (C=O) groups is 1. The predicted molar refractivity (Wildman–Crippen MR) is 110 cm³/mol. The SMILES string of the molecule is O=C(c1ccc(OCCOc2ccccc2)cc1)N1CCCc2ccccc21. The molecule has 1 aliphatic heterocycles. The average Bonchev–Trinajstić information content (AvgIpc) is 2.77. The summed E-state index contributed by atoms with van der Waals surface area (Å²) in [5, 5.41) is 0. The van der Waals surface area contributed by atoms with Crippen LogP contribution in [0.1, 0.15) is 22.3 Å². The van der Waals surface area contributed by atoms with Crippen LogP contribution in [-0.2, 0) is 6.42 Å². The van der Waals surface area contributed by atoms with Crippen molar-refractivity contribution in [1.29, 1.82) is 0 Å². The molecule has 0 aliphatic carbocycles. The first kappa shape index (κ1) is 18.1. The first-order valence-electron chi connectivity index (χ1n) is 9.62. The lowest BCUT2D eigenvalue weighted by atomic mass is 10.0. The summed E-state index contributed by atoms with van der Waals surface area (Å²) in [6.45, 7) is 1.67. The fourth-order valence-electron chi connectivity index (χ4n) is 3.43. The maximum Gasteiger partial charge on any atom is 0.258 e. The largest absolute Gasteiger partial charge is 0.490 e. The minimum atomic E-state index is 0.0334. The van der Waals surface area contributed by atoms with Crippen molar-refractivity contribution < 1.29 is 14.3 Å². The van der Waals surface area contributed by atoms with Gasteiger partial charge in [0.05, 0.1) is 0 Å². The van der Waals surface area contributed by atoms with Gasteiger partial charge in [-0.3, -0.25) is 4.79 Å². The molecular formula is C24H23NO3. The van der Waals surface area contributed by atoms with Crippen molar-refractivity contribution in [3.63, 3.8) is 0 Å². The molecule has 0 bridgehead atoms. The van der Waals surface area contributed by atoms with Crippen molar-refractivity contribution >= 4 is 11.6 Å². The molecule has 28 heavy (non-hydrogen) atoms. The van der Waals surface area contributed by atoms with E-state index in [1.165, 1.54) is 5.56 Å². The lowest BCUT2D eigenvalue weighted by Gasteiger charge is -2.29. The van der Waals surface area contributed by atoms with E-state index >= 15 is 0 Å².